The second-order valence-electron chi connectivity index (χ2n) is 8.07. The number of hydrogen-bond acceptors (Lipinski definition) is 4. The topological polar surface area (TPSA) is 71.5 Å². The van der Waals surface area contributed by atoms with Crippen LogP contribution in [0.4, 0.5) is 5.69 Å². The van der Waals surface area contributed by atoms with E-state index in [1.54, 1.807) is 31.4 Å². The average molecular weight is 430 g/mol. The maximum absolute atomic E-state index is 13.3. The quantitative estimate of drug-likeness (QED) is 0.619. The van der Waals surface area contributed by atoms with Gasteiger partial charge in [-0.25, -0.2) is 0 Å². The minimum Gasteiger partial charge on any atom is -0.497 e. The number of aryl methyl sites for hydroxylation is 1. The highest BCUT2D eigenvalue weighted by molar-refractivity contribution is 5.96. The molecule has 1 N–H and O–H groups in total. The van der Waals surface area contributed by atoms with Crippen molar-refractivity contribution in [2.45, 2.75) is 32.7 Å². The molecule has 2 amide bonds. The number of ether oxygens (including phenoxy) is 1. The lowest BCUT2D eigenvalue weighted by atomic mass is 10.0. The summed E-state index contributed by atoms with van der Waals surface area (Å²) in [6, 6.07) is 19.1. The van der Waals surface area contributed by atoms with E-state index in [0.717, 1.165) is 41.1 Å². The van der Waals surface area contributed by atoms with Gasteiger partial charge in [-0.05, 0) is 79.4 Å². The maximum Gasteiger partial charge on any atom is 0.254 e. The number of aromatic nitrogens is 1. The number of pyridine rings is 1. The van der Waals surface area contributed by atoms with Crippen LogP contribution in [-0.4, -0.2) is 35.4 Å². The molecule has 2 heterocycles. The second kappa shape index (κ2) is 9.22. The third kappa shape index (κ3) is 4.64. The Morgan fingerprint density at radius 2 is 1.75 bits per heavy atom. The lowest BCUT2D eigenvalue weighted by Gasteiger charge is -2.25. The van der Waals surface area contributed by atoms with Crippen LogP contribution in [0.3, 0.4) is 0 Å². The van der Waals surface area contributed by atoms with Gasteiger partial charge in [0.2, 0.25) is 5.91 Å². The lowest BCUT2D eigenvalue weighted by Crippen LogP contribution is -2.31. The Balaban J connectivity index is 1.59. The summed E-state index contributed by atoms with van der Waals surface area (Å²) in [7, 11) is 1.66. The predicted molar refractivity (Wildman–Crippen MR) is 125 cm³/mol. The summed E-state index contributed by atoms with van der Waals surface area (Å²) in [4.78, 5) is 31.2. The number of rotatable bonds is 5. The molecule has 6 nitrogen and oxygen atoms in total. The first-order valence-electron chi connectivity index (χ1n) is 10.8. The highest BCUT2D eigenvalue weighted by atomic mass is 16.5. The molecule has 0 spiro atoms. The van der Waals surface area contributed by atoms with Crippen LogP contribution < -0.4 is 10.1 Å². The first-order chi connectivity index (χ1) is 15.4. The molecule has 1 saturated heterocycles. The number of nitrogens with one attached hydrogen (secondary N) is 1. The molecular formula is C26H27N3O3. The second-order valence-corrected chi connectivity index (χ2v) is 8.07. The average Bonchev–Trinajstić information content (AvgIpc) is 3.28. The molecular weight excluding hydrogens is 402 g/mol. The van der Waals surface area contributed by atoms with Crippen LogP contribution in [0.2, 0.25) is 0 Å². The number of likely N-dealkylation sites (tertiary alicyclic amines) is 1. The molecule has 1 aliphatic rings. The normalized spacial score (nSPS) is 15.5. The van der Waals surface area contributed by atoms with Gasteiger partial charge in [-0.3, -0.25) is 14.6 Å². The van der Waals surface area contributed by atoms with Crippen LogP contribution in [0.15, 0.2) is 60.7 Å². The lowest BCUT2D eigenvalue weighted by molar-refractivity contribution is -0.114. The van der Waals surface area contributed by atoms with Gasteiger partial charge in [-0.2, -0.15) is 0 Å². The fourth-order valence-corrected chi connectivity index (χ4v) is 4.20. The van der Waals surface area contributed by atoms with E-state index in [9.17, 15) is 9.59 Å². The molecule has 1 aliphatic heterocycles. The van der Waals surface area contributed by atoms with Gasteiger partial charge in [0.1, 0.15) is 5.75 Å². The van der Waals surface area contributed by atoms with Crippen LogP contribution in [0, 0.1) is 6.92 Å². The van der Waals surface area contributed by atoms with Gasteiger partial charge in [0.15, 0.2) is 0 Å². The largest absolute Gasteiger partial charge is 0.497 e. The monoisotopic (exact) mass is 429 g/mol. The van der Waals surface area contributed by atoms with Gasteiger partial charge in [0.05, 0.1) is 18.8 Å². The van der Waals surface area contributed by atoms with E-state index in [1.807, 2.05) is 36.1 Å². The van der Waals surface area contributed by atoms with Crippen LogP contribution >= 0.6 is 0 Å². The standard InChI is InChI=1S/C26H27N3O3/c1-17-15-21(19-8-12-23(32-3)13-9-19)16-24(27-17)25-5-4-14-29(25)26(31)20-6-10-22(11-7-20)28-18(2)30/h6-13,15-16,25H,4-5,14H2,1-3H3,(H,28,30)/t25-/m0/s1. The number of anilines is 1. The van der Waals surface area contributed by atoms with Gasteiger partial charge in [0.25, 0.3) is 5.91 Å². The SMILES string of the molecule is COc1ccc(-c2cc(C)nc([C@@H]3CCCN3C(=O)c3ccc(NC(C)=O)cc3)c2)cc1. The molecule has 6 heteroatoms. The van der Waals surface area contributed by atoms with Crippen LogP contribution in [0.5, 0.6) is 5.75 Å². The third-order valence-corrected chi connectivity index (χ3v) is 5.70. The Hall–Kier alpha value is -3.67. The molecule has 1 fully saturated rings. The molecule has 0 unspecified atom stereocenters. The van der Waals surface area contributed by atoms with Crippen molar-refractivity contribution in [3.8, 4) is 16.9 Å². The zero-order chi connectivity index (χ0) is 22.7. The van der Waals surface area contributed by atoms with Crippen molar-refractivity contribution < 1.29 is 14.3 Å². The molecule has 0 bridgehead atoms. The van der Waals surface area contributed by atoms with Crippen LogP contribution in [0.25, 0.3) is 11.1 Å². The molecule has 1 atom stereocenters. The van der Waals surface area contributed by atoms with Crippen molar-refractivity contribution in [2.75, 3.05) is 19.0 Å². The zero-order valence-corrected chi connectivity index (χ0v) is 18.6. The summed E-state index contributed by atoms with van der Waals surface area (Å²) in [5.74, 6) is 0.662. The molecule has 0 radical (unpaired) electrons. The first-order valence-corrected chi connectivity index (χ1v) is 10.8. The Bertz CT molecular complexity index is 1120. The minimum absolute atomic E-state index is 0.0174. The number of methoxy groups -OCH3 is 1. The van der Waals surface area contributed by atoms with E-state index in [2.05, 4.69) is 17.4 Å². The van der Waals surface area contributed by atoms with E-state index in [-0.39, 0.29) is 17.9 Å². The smallest absolute Gasteiger partial charge is 0.254 e. The summed E-state index contributed by atoms with van der Waals surface area (Å²) in [6.45, 7) is 4.14. The fourth-order valence-electron chi connectivity index (χ4n) is 4.20. The summed E-state index contributed by atoms with van der Waals surface area (Å²) in [5.41, 5.74) is 5.28. The summed E-state index contributed by atoms with van der Waals surface area (Å²) >= 11 is 0. The predicted octanol–water partition coefficient (Wildman–Crippen LogP) is 5.00. The number of nitrogens with zero attached hydrogens (tertiary/aromatic N) is 2. The molecule has 164 valence electrons. The Labute approximate surface area is 188 Å². The summed E-state index contributed by atoms with van der Waals surface area (Å²) in [5, 5.41) is 2.73. The molecule has 3 aromatic rings. The van der Waals surface area contributed by atoms with Gasteiger partial charge in [-0.1, -0.05) is 12.1 Å². The highest BCUT2D eigenvalue weighted by Gasteiger charge is 2.32. The van der Waals surface area contributed by atoms with Crippen molar-refractivity contribution in [1.82, 2.24) is 9.88 Å². The van der Waals surface area contributed by atoms with Crippen molar-refractivity contribution >= 4 is 17.5 Å². The highest BCUT2D eigenvalue weighted by Crippen LogP contribution is 2.34. The Morgan fingerprint density at radius 3 is 2.41 bits per heavy atom. The first kappa shape index (κ1) is 21.6. The van der Waals surface area contributed by atoms with Crippen LogP contribution in [-0.2, 0) is 4.79 Å². The molecule has 0 aliphatic carbocycles. The third-order valence-electron chi connectivity index (χ3n) is 5.70. The van der Waals surface area contributed by atoms with E-state index in [1.165, 1.54) is 6.92 Å². The Morgan fingerprint density at radius 1 is 1.03 bits per heavy atom. The van der Waals surface area contributed by atoms with E-state index >= 15 is 0 Å². The van der Waals surface area contributed by atoms with E-state index in [0.29, 0.717) is 17.8 Å². The number of hydrogen-bond donors (Lipinski definition) is 1. The number of amides is 2. The zero-order valence-electron chi connectivity index (χ0n) is 18.6. The molecule has 1 aromatic heterocycles. The molecule has 4 rings (SSSR count). The van der Waals surface area contributed by atoms with Crippen molar-refractivity contribution in [3.05, 3.63) is 77.6 Å². The molecule has 0 saturated carbocycles. The fraction of sp³-hybridized carbons (Fsp3) is 0.269. The van der Waals surface area contributed by atoms with E-state index < -0.39 is 0 Å². The van der Waals surface area contributed by atoms with Crippen molar-refractivity contribution in [3.63, 3.8) is 0 Å². The number of carbonyl (C=O) groups is 2. The van der Waals surface area contributed by atoms with Gasteiger partial charge >= 0.3 is 0 Å². The van der Waals surface area contributed by atoms with Gasteiger partial charge < -0.3 is 15.0 Å². The Kier molecular flexibility index (Phi) is 6.21. The van der Waals surface area contributed by atoms with Gasteiger partial charge in [-0.15, -0.1) is 0 Å². The maximum atomic E-state index is 13.3. The van der Waals surface area contributed by atoms with E-state index in [4.69, 9.17) is 9.72 Å². The van der Waals surface area contributed by atoms with Crippen molar-refractivity contribution in [2.24, 2.45) is 0 Å². The summed E-state index contributed by atoms with van der Waals surface area (Å²) < 4.78 is 5.27. The van der Waals surface area contributed by atoms with Crippen LogP contribution in [0.1, 0.15) is 47.6 Å². The minimum atomic E-state index is -0.137. The molecule has 2 aromatic carbocycles. The number of carbonyl (C=O) groups excluding carboxylic acids is 2. The summed E-state index contributed by atoms with van der Waals surface area (Å²) in [6.07, 6.45) is 1.82. The number of benzene rings is 2. The van der Waals surface area contributed by atoms with Crippen molar-refractivity contribution in [1.29, 1.82) is 0 Å². The van der Waals surface area contributed by atoms with Gasteiger partial charge in [0, 0.05) is 30.4 Å². The molecule has 32 heavy (non-hydrogen) atoms.